The zero-order valence-corrected chi connectivity index (χ0v) is 15.3. The number of amides is 2. The molecule has 0 aliphatic carbocycles. The van der Waals surface area contributed by atoms with Crippen molar-refractivity contribution in [3.05, 3.63) is 69.6 Å². The Kier molecular flexibility index (Phi) is 5.44. The van der Waals surface area contributed by atoms with Crippen molar-refractivity contribution in [2.24, 2.45) is 0 Å². The molecule has 0 aromatic heterocycles. The predicted octanol–water partition coefficient (Wildman–Crippen LogP) is 4.50. The maximum absolute atomic E-state index is 12.5. The van der Waals surface area contributed by atoms with E-state index in [1.54, 1.807) is 54.6 Å². The predicted molar refractivity (Wildman–Crippen MR) is 101 cm³/mol. The van der Waals surface area contributed by atoms with E-state index in [9.17, 15) is 14.4 Å². The first-order chi connectivity index (χ1) is 12.4. The second-order valence-corrected chi connectivity index (χ2v) is 6.99. The van der Waals surface area contributed by atoms with Crippen molar-refractivity contribution in [3.8, 4) is 5.75 Å². The molecule has 0 atom stereocenters. The van der Waals surface area contributed by atoms with Crippen molar-refractivity contribution in [1.29, 1.82) is 0 Å². The zero-order chi connectivity index (χ0) is 18.7. The first kappa shape index (κ1) is 18.2. The van der Waals surface area contributed by atoms with Crippen molar-refractivity contribution in [3.63, 3.8) is 0 Å². The van der Waals surface area contributed by atoms with E-state index in [2.05, 4.69) is 0 Å². The van der Waals surface area contributed by atoms with Crippen LogP contribution >= 0.6 is 23.4 Å². The number of nitrogens with zero attached hydrogens (tertiary/aromatic N) is 1. The lowest BCUT2D eigenvalue weighted by molar-refractivity contribution is -0.131. The number of hydrogen-bond acceptors (Lipinski definition) is 5. The summed E-state index contributed by atoms with van der Waals surface area (Å²) in [6, 6.07) is 13.7. The molecular weight excluding hydrogens is 374 g/mol. The zero-order valence-electron chi connectivity index (χ0n) is 13.8. The van der Waals surface area contributed by atoms with Crippen molar-refractivity contribution >= 4 is 46.6 Å². The Hall–Kier alpha value is -2.57. The van der Waals surface area contributed by atoms with Gasteiger partial charge in [-0.15, -0.1) is 0 Å². The molecule has 2 amide bonds. The van der Waals surface area contributed by atoms with E-state index in [-0.39, 0.29) is 17.7 Å². The van der Waals surface area contributed by atoms with E-state index >= 15 is 0 Å². The minimum Gasteiger partial charge on any atom is -0.427 e. The van der Waals surface area contributed by atoms with Gasteiger partial charge < -0.3 is 4.74 Å². The molecule has 5 nitrogen and oxygen atoms in total. The number of imide groups is 1. The summed E-state index contributed by atoms with van der Waals surface area (Å²) in [5.41, 5.74) is 1.56. The van der Waals surface area contributed by atoms with Gasteiger partial charge in [0.25, 0.3) is 11.1 Å². The Morgan fingerprint density at radius 3 is 2.38 bits per heavy atom. The Morgan fingerprint density at radius 2 is 1.77 bits per heavy atom. The molecule has 1 fully saturated rings. The average molecular weight is 388 g/mol. The number of halogens is 1. The molecule has 0 spiro atoms. The first-order valence-electron chi connectivity index (χ1n) is 7.70. The van der Waals surface area contributed by atoms with E-state index in [1.807, 2.05) is 0 Å². The van der Waals surface area contributed by atoms with Crippen LogP contribution in [0.2, 0.25) is 5.02 Å². The lowest BCUT2D eigenvalue weighted by Gasteiger charge is -2.12. The van der Waals surface area contributed by atoms with Crippen LogP contribution in [0.25, 0.3) is 6.08 Å². The maximum Gasteiger partial charge on any atom is 0.308 e. The fourth-order valence-corrected chi connectivity index (χ4v) is 3.32. The van der Waals surface area contributed by atoms with E-state index in [1.165, 1.54) is 11.8 Å². The largest absolute Gasteiger partial charge is 0.427 e. The Balaban J connectivity index is 1.74. The number of carbonyl (C=O) groups is 3. The minimum atomic E-state index is -0.402. The topological polar surface area (TPSA) is 63.7 Å². The van der Waals surface area contributed by atoms with Crippen molar-refractivity contribution in [2.75, 3.05) is 0 Å². The van der Waals surface area contributed by atoms with Crippen molar-refractivity contribution in [1.82, 2.24) is 4.90 Å². The third-order valence-electron chi connectivity index (χ3n) is 3.57. The normalized spacial score (nSPS) is 15.6. The van der Waals surface area contributed by atoms with Gasteiger partial charge in [0.1, 0.15) is 5.75 Å². The molecule has 26 heavy (non-hydrogen) atoms. The van der Waals surface area contributed by atoms with Crippen molar-refractivity contribution in [2.45, 2.75) is 13.5 Å². The number of esters is 1. The van der Waals surface area contributed by atoms with E-state index in [4.69, 9.17) is 16.3 Å². The second kappa shape index (κ2) is 7.76. The Bertz CT molecular complexity index is 891. The SMILES string of the molecule is CC(=O)Oc1ccc(/C=C2\SC(=O)N(Cc3ccc(Cl)cc3)C2=O)cc1. The van der Waals surface area contributed by atoms with E-state index in [0.717, 1.165) is 22.9 Å². The van der Waals surface area contributed by atoms with Crippen LogP contribution in [0.4, 0.5) is 4.79 Å². The summed E-state index contributed by atoms with van der Waals surface area (Å²) in [5, 5.41) is 0.285. The molecule has 132 valence electrons. The molecule has 0 bridgehead atoms. The second-order valence-electron chi connectivity index (χ2n) is 5.56. The fraction of sp³-hybridized carbons (Fsp3) is 0.105. The molecule has 7 heteroatoms. The lowest BCUT2D eigenvalue weighted by Crippen LogP contribution is -2.27. The minimum absolute atomic E-state index is 0.199. The number of ether oxygens (including phenoxy) is 1. The molecule has 0 N–H and O–H groups in total. The highest BCUT2D eigenvalue weighted by molar-refractivity contribution is 8.18. The molecule has 1 heterocycles. The Morgan fingerprint density at radius 1 is 1.12 bits per heavy atom. The van der Waals surface area contributed by atoms with Gasteiger partial charge in [-0.25, -0.2) is 0 Å². The van der Waals surface area contributed by atoms with Gasteiger partial charge in [0.2, 0.25) is 0 Å². The molecule has 2 aromatic carbocycles. The van der Waals surface area contributed by atoms with Crippen molar-refractivity contribution < 1.29 is 19.1 Å². The Labute approximate surface area is 159 Å². The van der Waals surface area contributed by atoms with Crippen LogP contribution in [-0.2, 0) is 16.1 Å². The van der Waals surface area contributed by atoms with Gasteiger partial charge in [0.15, 0.2) is 0 Å². The summed E-state index contributed by atoms with van der Waals surface area (Å²) in [5.74, 6) is -0.314. The molecule has 0 saturated carbocycles. The summed E-state index contributed by atoms with van der Waals surface area (Å²) >= 11 is 6.75. The van der Waals surface area contributed by atoms with E-state index in [0.29, 0.717) is 15.7 Å². The van der Waals surface area contributed by atoms with Crippen LogP contribution in [-0.4, -0.2) is 22.0 Å². The highest BCUT2D eigenvalue weighted by Crippen LogP contribution is 2.33. The smallest absolute Gasteiger partial charge is 0.308 e. The number of carbonyl (C=O) groups excluding carboxylic acids is 3. The molecule has 0 unspecified atom stereocenters. The number of thioether (sulfide) groups is 1. The van der Waals surface area contributed by atoms with E-state index < -0.39 is 5.97 Å². The third-order valence-corrected chi connectivity index (χ3v) is 4.73. The molecule has 2 aromatic rings. The molecule has 3 rings (SSSR count). The highest BCUT2D eigenvalue weighted by Gasteiger charge is 2.34. The molecule has 1 aliphatic heterocycles. The monoisotopic (exact) mass is 387 g/mol. The molecule has 0 radical (unpaired) electrons. The maximum atomic E-state index is 12.5. The van der Waals surface area contributed by atoms with Gasteiger partial charge in [-0.2, -0.15) is 0 Å². The molecule has 1 saturated heterocycles. The quantitative estimate of drug-likeness (QED) is 0.439. The van der Waals surface area contributed by atoms with Crippen LogP contribution < -0.4 is 4.74 Å². The summed E-state index contributed by atoms with van der Waals surface area (Å²) in [6.45, 7) is 1.52. The lowest BCUT2D eigenvalue weighted by atomic mass is 10.2. The summed E-state index contributed by atoms with van der Waals surface area (Å²) in [6.07, 6.45) is 1.64. The third kappa shape index (κ3) is 4.33. The highest BCUT2D eigenvalue weighted by atomic mass is 35.5. The fourth-order valence-electron chi connectivity index (χ4n) is 2.36. The number of benzene rings is 2. The average Bonchev–Trinajstić information content (AvgIpc) is 2.85. The van der Waals surface area contributed by atoms with Crippen LogP contribution in [0.15, 0.2) is 53.4 Å². The van der Waals surface area contributed by atoms with Gasteiger partial charge >= 0.3 is 5.97 Å². The summed E-state index contributed by atoms with van der Waals surface area (Å²) in [7, 11) is 0. The molecular formula is C19H14ClNO4S. The van der Waals surface area contributed by atoms with Crippen LogP contribution in [0, 0.1) is 0 Å². The van der Waals surface area contributed by atoms with Crippen LogP contribution in [0.3, 0.4) is 0 Å². The number of hydrogen-bond donors (Lipinski definition) is 0. The van der Waals surface area contributed by atoms with Gasteiger partial charge in [-0.1, -0.05) is 35.9 Å². The summed E-state index contributed by atoms with van der Waals surface area (Å²) in [4.78, 5) is 37.2. The van der Waals surface area contributed by atoms with Gasteiger partial charge in [-0.05, 0) is 53.2 Å². The van der Waals surface area contributed by atoms with Gasteiger partial charge in [-0.3, -0.25) is 19.3 Å². The number of rotatable bonds is 4. The molecule has 1 aliphatic rings. The first-order valence-corrected chi connectivity index (χ1v) is 8.90. The van der Waals surface area contributed by atoms with Gasteiger partial charge in [0.05, 0.1) is 11.4 Å². The van der Waals surface area contributed by atoms with Crippen LogP contribution in [0.1, 0.15) is 18.1 Å². The van der Waals surface area contributed by atoms with Gasteiger partial charge in [0, 0.05) is 11.9 Å². The summed E-state index contributed by atoms with van der Waals surface area (Å²) < 4.78 is 4.97. The van der Waals surface area contributed by atoms with Crippen LogP contribution in [0.5, 0.6) is 5.75 Å². The standard InChI is InChI=1S/C19H14ClNO4S/c1-12(22)25-16-8-4-13(5-9-16)10-17-18(23)21(19(24)26-17)11-14-2-6-15(20)7-3-14/h2-10H,11H2,1H3/b17-10-.